The fraction of sp³-hybridized carbons (Fsp3) is 0.500. The molecule has 1 aliphatic heterocycles. The van der Waals surface area contributed by atoms with E-state index >= 15 is 0 Å². The lowest BCUT2D eigenvalue weighted by Crippen LogP contribution is -2.32. The molecule has 1 aliphatic rings. The zero-order valence-electron chi connectivity index (χ0n) is 11.2. The number of ketones is 1. The number of ether oxygens (including phenoxy) is 1. The molecule has 0 N–H and O–H groups in total. The molecule has 1 saturated heterocycles. The number of rotatable bonds is 6. The molecule has 1 aromatic rings. The highest BCUT2D eigenvalue weighted by Gasteiger charge is 2.19. The molecule has 1 aromatic heterocycles. The number of amides is 1. The van der Waals surface area contributed by atoms with Gasteiger partial charge in [0, 0.05) is 19.5 Å². The lowest BCUT2D eigenvalue weighted by atomic mass is 10.2. The second kappa shape index (κ2) is 7.19. The van der Waals surface area contributed by atoms with E-state index in [9.17, 15) is 14.4 Å². The lowest BCUT2D eigenvalue weighted by molar-refractivity contribution is -0.151. The van der Waals surface area contributed by atoms with Crippen LogP contribution in [0.1, 0.15) is 35.4 Å². The molecule has 5 nitrogen and oxygen atoms in total. The molecule has 0 aliphatic carbocycles. The predicted molar refractivity (Wildman–Crippen MR) is 74.7 cm³/mol. The fourth-order valence-corrected chi connectivity index (χ4v) is 2.74. The molecule has 108 valence electrons. The molecule has 6 heteroatoms. The highest BCUT2D eigenvalue weighted by molar-refractivity contribution is 7.12. The van der Waals surface area contributed by atoms with Crippen LogP contribution in [0.15, 0.2) is 17.5 Å². The predicted octanol–water partition coefficient (Wildman–Crippen LogP) is 1.88. The third kappa shape index (κ3) is 4.16. The molecule has 2 rings (SSSR count). The van der Waals surface area contributed by atoms with Gasteiger partial charge in [-0.25, -0.2) is 0 Å². The summed E-state index contributed by atoms with van der Waals surface area (Å²) in [4.78, 5) is 37.2. The van der Waals surface area contributed by atoms with E-state index in [1.165, 1.54) is 11.3 Å². The van der Waals surface area contributed by atoms with Crippen LogP contribution in [-0.2, 0) is 14.3 Å². The van der Waals surface area contributed by atoms with Crippen molar-refractivity contribution in [3.05, 3.63) is 22.4 Å². The van der Waals surface area contributed by atoms with E-state index in [4.69, 9.17) is 4.74 Å². The first-order chi connectivity index (χ1) is 9.66. The van der Waals surface area contributed by atoms with Crippen LogP contribution in [0.5, 0.6) is 0 Å². The van der Waals surface area contributed by atoms with Gasteiger partial charge in [-0.05, 0) is 24.3 Å². The maximum Gasteiger partial charge on any atom is 0.306 e. The van der Waals surface area contributed by atoms with Crippen molar-refractivity contribution >= 4 is 29.0 Å². The van der Waals surface area contributed by atoms with E-state index in [1.54, 1.807) is 17.0 Å². The Morgan fingerprint density at radius 1 is 1.20 bits per heavy atom. The Hall–Kier alpha value is -1.69. The van der Waals surface area contributed by atoms with Gasteiger partial charge in [0.2, 0.25) is 0 Å². The summed E-state index contributed by atoms with van der Waals surface area (Å²) in [7, 11) is 0. The highest BCUT2D eigenvalue weighted by atomic mass is 32.1. The number of thiophene rings is 1. The van der Waals surface area contributed by atoms with E-state index in [0.29, 0.717) is 4.88 Å². The van der Waals surface area contributed by atoms with Crippen molar-refractivity contribution in [2.45, 2.75) is 25.7 Å². The molecule has 2 heterocycles. The van der Waals surface area contributed by atoms with Gasteiger partial charge in [0.25, 0.3) is 5.91 Å². The van der Waals surface area contributed by atoms with Gasteiger partial charge in [-0.15, -0.1) is 11.3 Å². The quantitative estimate of drug-likeness (QED) is 0.594. The van der Waals surface area contributed by atoms with Crippen LogP contribution in [0.4, 0.5) is 0 Å². The minimum absolute atomic E-state index is 0.0179. The van der Waals surface area contributed by atoms with E-state index in [-0.39, 0.29) is 31.1 Å². The van der Waals surface area contributed by atoms with E-state index in [2.05, 4.69) is 0 Å². The van der Waals surface area contributed by atoms with Crippen molar-refractivity contribution < 1.29 is 19.1 Å². The summed E-state index contributed by atoms with van der Waals surface area (Å²) >= 11 is 1.36. The van der Waals surface area contributed by atoms with Gasteiger partial charge in [-0.1, -0.05) is 6.07 Å². The van der Waals surface area contributed by atoms with Gasteiger partial charge >= 0.3 is 5.97 Å². The first kappa shape index (κ1) is 14.7. The van der Waals surface area contributed by atoms with Crippen molar-refractivity contribution in [1.29, 1.82) is 0 Å². The fourth-order valence-electron chi connectivity index (χ4n) is 2.05. The molecule has 0 atom stereocenters. The summed E-state index contributed by atoms with van der Waals surface area (Å²) < 4.78 is 4.91. The molecule has 0 aromatic carbocycles. The van der Waals surface area contributed by atoms with Gasteiger partial charge in [0.1, 0.15) is 0 Å². The number of hydrogen-bond acceptors (Lipinski definition) is 5. The summed E-state index contributed by atoms with van der Waals surface area (Å²) in [6.45, 7) is 1.27. The average Bonchev–Trinajstić information content (AvgIpc) is 3.14. The van der Waals surface area contributed by atoms with Crippen molar-refractivity contribution in [1.82, 2.24) is 4.90 Å². The summed E-state index contributed by atoms with van der Waals surface area (Å²) in [5.74, 6) is -0.717. The van der Waals surface area contributed by atoms with Gasteiger partial charge in [-0.3, -0.25) is 14.4 Å². The van der Waals surface area contributed by atoms with Gasteiger partial charge in [-0.2, -0.15) is 0 Å². The van der Waals surface area contributed by atoms with Gasteiger partial charge in [0.05, 0.1) is 11.3 Å². The molecule has 20 heavy (non-hydrogen) atoms. The molecular formula is C14H17NO4S. The third-order valence-corrected chi connectivity index (χ3v) is 4.08. The number of hydrogen-bond donors (Lipinski definition) is 0. The molecule has 0 spiro atoms. The first-order valence-electron chi connectivity index (χ1n) is 6.67. The minimum Gasteiger partial charge on any atom is -0.456 e. The number of carbonyl (C=O) groups is 3. The topological polar surface area (TPSA) is 63.7 Å². The summed E-state index contributed by atoms with van der Waals surface area (Å²) in [5, 5.41) is 1.82. The first-order valence-corrected chi connectivity index (χ1v) is 7.55. The maximum absolute atomic E-state index is 11.7. The van der Waals surface area contributed by atoms with Crippen LogP contribution in [0, 0.1) is 0 Å². The Labute approximate surface area is 121 Å². The molecule has 0 saturated carbocycles. The zero-order chi connectivity index (χ0) is 14.4. The van der Waals surface area contributed by atoms with Crippen molar-refractivity contribution in [3.8, 4) is 0 Å². The molecule has 1 amide bonds. The smallest absolute Gasteiger partial charge is 0.306 e. The van der Waals surface area contributed by atoms with E-state index in [0.717, 1.165) is 25.9 Å². The van der Waals surface area contributed by atoms with Crippen LogP contribution in [0.25, 0.3) is 0 Å². The average molecular weight is 295 g/mol. The molecule has 0 radical (unpaired) electrons. The van der Waals surface area contributed by atoms with Crippen LogP contribution in [0.3, 0.4) is 0 Å². The lowest BCUT2D eigenvalue weighted by Gasteiger charge is -2.14. The number of Topliss-reactive ketones (excluding diaryl/α,β-unsaturated/α-hetero) is 1. The summed E-state index contributed by atoms with van der Waals surface area (Å²) in [6, 6.07) is 3.53. The second-order valence-corrected chi connectivity index (χ2v) is 5.60. The minimum atomic E-state index is -0.498. The van der Waals surface area contributed by atoms with Crippen molar-refractivity contribution in [2.24, 2.45) is 0 Å². The monoisotopic (exact) mass is 295 g/mol. The van der Waals surface area contributed by atoms with Crippen LogP contribution in [0.2, 0.25) is 0 Å². The Morgan fingerprint density at radius 2 is 1.95 bits per heavy atom. The van der Waals surface area contributed by atoms with Crippen LogP contribution < -0.4 is 0 Å². The normalized spacial score (nSPS) is 14.3. The summed E-state index contributed by atoms with van der Waals surface area (Å²) in [6.07, 6.45) is 2.16. The van der Waals surface area contributed by atoms with Gasteiger partial charge in [0.15, 0.2) is 12.4 Å². The zero-order valence-corrected chi connectivity index (χ0v) is 12.0. The second-order valence-electron chi connectivity index (χ2n) is 4.65. The Balaban J connectivity index is 1.65. The third-order valence-electron chi connectivity index (χ3n) is 3.17. The summed E-state index contributed by atoms with van der Waals surface area (Å²) in [5.41, 5.74) is 0. The highest BCUT2D eigenvalue weighted by Crippen LogP contribution is 2.12. The Bertz CT molecular complexity index is 477. The number of likely N-dealkylation sites (tertiary alicyclic amines) is 1. The van der Waals surface area contributed by atoms with Gasteiger partial charge < -0.3 is 9.64 Å². The number of carbonyl (C=O) groups excluding carboxylic acids is 3. The molecule has 0 unspecified atom stereocenters. The molecule has 1 fully saturated rings. The van der Waals surface area contributed by atoms with E-state index in [1.807, 2.05) is 5.38 Å². The van der Waals surface area contributed by atoms with Crippen LogP contribution in [-0.4, -0.2) is 42.3 Å². The SMILES string of the molecule is O=C(CCC(=O)c1cccs1)OCC(=O)N1CCCC1. The van der Waals surface area contributed by atoms with Crippen molar-refractivity contribution in [2.75, 3.05) is 19.7 Å². The number of nitrogens with zero attached hydrogens (tertiary/aromatic N) is 1. The molecular weight excluding hydrogens is 278 g/mol. The largest absolute Gasteiger partial charge is 0.456 e. The Morgan fingerprint density at radius 3 is 2.60 bits per heavy atom. The Kier molecular flexibility index (Phi) is 5.29. The van der Waals surface area contributed by atoms with Crippen molar-refractivity contribution in [3.63, 3.8) is 0 Å². The maximum atomic E-state index is 11.7. The molecule has 0 bridgehead atoms. The van der Waals surface area contributed by atoms with Crippen LogP contribution >= 0.6 is 11.3 Å². The standard InChI is InChI=1S/C14H17NO4S/c16-11(12-4-3-9-20-12)5-6-14(18)19-10-13(17)15-7-1-2-8-15/h3-4,9H,1-2,5-8,10H2. The number of esters is 1. The van der Waals surface area contributed by atoms with E-state index < -0.39 is 5.97 Å².